The molecule has 0 radical (unpaired) electrons. The molecule has 0 spiro atoms. The molecule has 20 heavy (non-hydrogen) atoms. The van der Waals surface area contributed by atoms with Gasteiger partial charge in [-0.2, -0.15) is 0 Å². The number of fused-ring (bicyclic) bond motifs is 2. The van der Waals surface area contributed by atoms with Gasteiger partial charge in [0.1, 0.15) is 0 Å². The highest BCUT2D eigenvalue weighted by Gasteiger charge is 2.18. The topological polar surface area (TPSA) is 52.6 Å². The Balaban J connectivity index is 1.64. The lowest BCUT2D eigenvalue weighted by atomic mass is 10.1. The average molecular weight is 272 g/mol. The summed E-state index contributed by atoms with van der Waals surface area (Å²) in [6.07, 6.45) is 2.93. The maximum absolute atomic E-state index is 5.92. The molecule has 3 heterocycles. The van der Waals surface area contributed by atoms with Crippen molar-refractivity contribution in [1.29, 1.82) is 0 Å². The van der Waals surface area contributed by atoms with Gasteiger partial charge in [0, 0.05) is 24.0 Å². The van der Waals surface area contributed by atoms with Crippen molar-refractivity contribution >= 4 is 10.8 Å². The molecule has 0 saturated carbocycles. The number of aromatic nitrogens is 1. The quantitative estimate of drug-likeness (QED) is 0.925. The zero-order valence-corrected chi connectivity index (χ0v) is 11.1. The van der Waals surface area contributed by atoms with E-state index >= 15 is 0 Å². The Kier molecular flexibility index (Phi) is 2.85. The second kappa shape index (κ2) is 4.83. The van der Waals surface area contributed by atoms with Crippen LogP contribution in [0.4, 0.5) is 0 Å². The lowest BCUT2D eigenvalue weighted by Crippen LogP contribution is -2.15. The number of hydrogen-bond acceptors (Lipinski definition) is 5. The first kappa shape index (κ1) is 11.8. The number of ether oxygens (including phenoxy) is 3. The third kappa shape index (κ3) is 2.04. The van der Waals surface area contributed by atoms with Crippen LogP contribution in [0.2, 0.25) is 0 Å². The van der Waals surface area contributed by atoms with Crippen LogP contribution in [0, 0.1) is 5.92 Å². The van der Waals surface area contributed by atoms with Crippen LogP contribution in [0.15, 0.2) is 24.4 Å². The van der Waals surface area contributed by atoms with Crippen molar-refractivity contribution in [3.8, 4) is 17.4 Å². The van der Waals surface area contributed by atoms with E-state index in [9.17, 15) is 0 Å². The fourth-order valence-corrected chi connectivity index (χ4v) is 2.70. The van der Waals surface area contributed by atoms with Gasteiger partial charge in [0.25, 0.3) is 0 Å². The van der Waals surface area contributed by atoms with Gasteiger partial charge in [-0.25, -0.2) is 4.98 Å². The molecule has 1 aromatic heterocycles. The molecular weight excluding hydrogens is 256 g/mol. The molecule has 1 unspecified atom stereocenters. The van der Waals surface area contributed by atoms with E-state index in [1.54, 1.807) is 6.20 Å². The molecule has 1 atom stereocenters. The summed E-state index contributed by atoms with van der Waals surface area (Å²) in [5, 5.41) is 5.38. The second-order valence-corrected chi connectivity index (χ2v) is 5.21. The van der Waals surface area contributed by atoms with Gasteiger partial charge in [0.05, 0.1) is 6.61 Å². The summed E-state index contributed by atoms with van der Waals surface area (Å²) >= 11 is 0. The van der Waals surface area contributed by atoms with Crippen molar-refractivity contribution in [2.45, 2.75) is 6.42 Å². The van der Waals surface area contributed by atoms with Crippen LogP contribution < -0.4 is 19.5 Å². The standard InChI is InChI=1S/C15H16N2O3/c1-3-16-7-10(1)8-18-15-12-6-14-13(19-9-20-14)5-11(12)2-4-17-15/h2,4-6,10,16H,1,3,7-9H2. The predicted molar refractivity (Wildman–Crippen MR) is 74.3 cm³/mol. The highest BCUT2D eigenvalue weighted by atomic mass is 16.7. The van der Waals surface area contributed by atoms with E-state index in [4.69, 9.17) is 14.2 Å². The SMILES string of the molecule is c1cc2cc3c(cc2c(OCC2CCNC2)n1)OCO3. The van der Waals surface area contributed by atoms with Crippen molar-refractivity contribution in [1.82, 2.24) is 10.3 Å². The third-order valence-electron chi connectivity index (χ3n) is 3.84. The van der Waals surface area contributed by atoms with E-state index in [-0.39, 0.29) is 6.79 Å². The molecule has 2 aromatic rings. The maximum Gasteiger partial charge on any atom is 0.231 e. The normalized spacial score (nSPS) is 20.5. The molecule has 0 bridgehead atoms. The molecule has 5 heteroatoms. The maximum atomic E-state index is 5.92. The smallest absolute Gasteiger partial charge is 0.231 e. The highest BCUT2D eigenvalue weighted by molar-refractivity contribution is 5.90. The van der Waals surface area contributed by atoms with Crippen LogP contribution in [-0.2, 0) is 0 Å². The van der Waals surface area contributed by atoms with E-state index in [2.05, 4.69) is 10.3 Å². The van der Waals surface area contributed by atoms with Gasteiger partial charge in [-0.05, 0) is 36.6 Å². The monoisotopic (exact) mass is 272 g/mol. The lowest BCUT2D eigenvalue weighted by Gasteiger charge is -2.12. The summed E-state index contributed by atoms with van der Waals surface area (Å²) in [6, 6.07) is 5.89. The predicted octanol–water partition coefficient (Wildman–Crippen LogP) is 1.95. The van der Waals surface area contributed by atoms with Crippen LogP contribution in [0.5, 0.6) is 17.4 Å². The number of rotatable bonds is 3. The minimum Gasteiger partial charge on any atom is -0.477 e. The Morgan fingerprint density at radius 1 is 1.30 bits per heavy atom. The molecule has 0 aliphatic carbocycles. The molecule has 1 saturated heterocycles. The zero-order valence-electron chi connectivity index (χ0n) is 11.1. The summed E-state index contributed by atoms with van der Waals surface area (Å²) in [4.78, 5) is 4.35. The van der Waals surface area contributed by atoms with Gasteiger partial charge in [-0.3, -0.25) is 0 Å². The van der Waals surface area contributed by atoms with Gasteiger partial charge >= 0.3 is 0 Å². The molecule has 2 aliphatic heterocycles. The van der Waals surface area contributed by atoms with E-state index < -0.39 is 0 Å². The van der Waals surface area contributed by atoms with Gasteiger partial charge in [0.15, 0.2) is 11.5 Å². The Bertz CT molecular complexity index is 638. The van der Waals surface area contributed by atoms with Crippen LogP contribution in [0.3, 0.4) is 0 Å². The second-order valence-electron chi connectivity index (χ2n) is 5.21. The minimum absolute atomic E-state index is 0.281. The first-order valence-electron chi connectivity index (χ1n) is 6.92. The molecule has 1 N–H and O–H groups in total. The van der Waals surface area contributed by atoms with Crippen molar-refractivity contribution in [2.75, 3.05) is 26.5 Å². The van der Waals surface area contributed by atoms with Crippen LogP contribution in [0.1, 0.15) is 6.42 Å². The number of pyridine rings is 1. The Morgan fingerprint density at radius 3 is 3.05 bits per heavy atom. The van der Waals surface area contributed by atoms with Crippen molar-refractivity contribution < 1.29 is 14.2 Å². The van der Waals surface area contributed by atoms with E-state index in [0.29, 0.717) is 18.4 Å². The first-order valence-corrected chi connectivity index (χ1v) is 6.92. The van der Waals surface area contributed by atoms with Gasteiger partial charge in [-0.15, -0.1) is 0 Å². The van der Waals surface area contributed by atoms with Crippen molar-refractivity contribution in [3.63, 3.8) is 0 Å². The Hall–Kier alpha value is -2.01. The summed E-state index contributed by atoms with van der Waals surface area (Å²) in [7, 11) is 0. The molecule has 0 amide bonds. The largest absolute Gasteiger partial charge is 0.477 e. The average Bonchev–Trinajstić information content (AvgIpc) is 3.13. The molecule has 1 fully saturated rings. The fraction of sp³-hybridized carbons (Fsp3) is 0.400. The minimum atomic E-state index is 0.281. The fourth-order valence-electron chi connectivity index (χ4n) is 2.70. The summed E-state index contributed by atoms with van der Waals surface area (Å²) in [5.74, 6) is 2.79. The summed E-state index contributed by atoms with van der Waals surface area (Å²) in [6.45, 7) is 3.09. The number of nitrogens with one attached hydrogen (secondary N) is 1. The van der Waals surface area contributed by atoms with E-state index in [0.717, 1.165) is 41.8 Å². The summed E-state index contributed by atoms with van der Waals surface area (Å²) in [5.41, 5.74) is 0. The van der Waals surface area contributed by atoms with Gasteiger partial charge < -0.3 is 19.5 Å². The lowest BCUT2D eigenvalue weighted by molar-refractivity contribution is 0.174. The van der Waals surface area contributed by atoms with Crippen LogP contribution >= 0.6 is 0 Å². The van der Waals surface area contributed by atoms with E-state index in [1.165, 1.54) is 0 Å². The molecule has 5 nitrogen and oxygen atoms in total. The Morgan fingerprint density at radius 2 is 2.20 bits per heavy atom. The molecule has 4 rings (SSSR count). The van der Waals surface area contributed by atoms with Crippen LogP contribution in [0.25, 0.3) is 10.8 Å². The molecule has 1 aromatic carbocycles. The third-order valence-corrected chi connectivity index (χ3v) is 3.84. The van der Waals surface area contributed by atoms with Gasteiger partial charge in [-0.1, -0.05) is 0 Å². The first-order chi connectivity index (χ1) is 9.90. The number of nitrogens with zero attached hydrogens (tertiary/aromatic N) is 1. The van der Waals surface area contributed by atoms with E-state index in [1.807, 2.05) is 18.2 Å². The van der Waals surface area contributed by atoms with Crippen molar-refractivity contribution in [3.05, 3.63) is 24.4 Å². The molecule has 2 aliphatic rings. The zero-order chi connectivity index (χ0) is 13.4. The van der Waals surface area contributed by atoms with Crippen LogP contribution in [-0.4, -0.2) is 31.5 Å². The number of benzene rings is 1. The van der Waals surface area contributed by atoms with Gasteiger partial charge in [0.2, 0.25) is 12.7 Å². The Labute approximate surface area is 116 Å². The van der Waals surface area contributed by atoms with Crippen molar-refractivity contribution in [2.24, 2.45) is 5.92 Å². The summed E-state index contributed by atoms with van der Waals surface area (Å²) < 4.78 is 16.7. The molecule has 104 valence electrons. The highest BCUT2D eigenvalue weighted by Crippen LogP contribution is 2.38. The molecular formula is C15H16N2O3. The number of hydrogen-bond donors (Lipinski definition) is 1.